The zero-order chi connectivity index (χ0) is 14.2. The number of aromatic hydroxyl groups is 1. The molecule has 0 aliphatic carbocycles. The molecule has 2 rings (SSSR count). The molecule has 1 aromatic carbocycles. The molecule has 0 spiro atoms. The molecule has 1 heterocycles. The normalized spacial score (nSPS) is 17.8. The fourth-order valence-electron chi connectivity index (χ4n) is 2.68. The molecule has 0 fully saturated rings. The Morgan fingerprint density at radius 3 is 2.58 bits per heavy atom. The second-order valence-electron chi connectivity index (χ2n) is 5.31. The van der Waals surface area contributed by atoms with Crippen LogP contribution in [0.3, 0.4) is 0 Å². The highest BCUT2D eigenvalue weighted by Gasteiger charge is 2.27. The highest BCUT2D eigenvalue weighted by atomic mass is 16.5. The van der Waals surface area contributed by atoms with E-state index in [9.17, 15) is 9.90 Å². The number of fused-ring (bicyclic) bond motifs is 1. The van der Waals surface area contributed by atoms with Gasteiger partial charge in [-0.2, -0.15) is 0 Å². The summed E-state index contributed by atoms with van der Waals surface area (Å²) < 4.78 is 5.78. The standard InChI is InChI=1S/C15H20O4/c1-8-9(2)15-13(10(3)14(8)18)5-11(7-19-15)4-12(17)6-16/h11,16,18H,4-7H2,1-3H3/t11-/m1/s1. The minimum atomic E-state index is -0.416. The van der Waals surface area contributed by atoms with Crippen molar-refractivity contribution >= 4 is 5.78 Å². The second kappa shape index (κ2) is 5.21. The van der Waals surface area contributed by atoms with E-state index >= 15 is 0 Å². The van der Waals surface area contributed by atoms with Gasteiger partial charge >= 0.3 is 0 Å². The zero-order valence-corrected chi connectivity index (χ0v) is 11.6. The predicted octanol–water partition coefficient (Wildman–Crippen LogP) is 1.82. The van der Waals surface area contributed by atoms with E-state index in [1.807, 2.05) is 20.8 Å². The third-order valence-corrected chi connectivity index (χ3v) is 3.99. The van der Waals surface area contributed by atoms with E-state index in [1.54, 1.807) is 0 Å². The quantitative estimate of drug-likeness (QED) is 0.874. The van der Waals surface area contributed by atoms with Gasteiger partial charge in [-0.3, -0.25) is 4.79 Å². The second-order valence-corrected chi connectivity index (χ2v) is 5.31. The van der Waals surface area contributed by atoms with Crippen LogP contribution in [0.5, 0.6) is 11.5 Å². The Kier molecular flexibility index (Phi) is 3.80. The van der Waals surface area contributed by atoms with Crippen molar-refractivity contribution in [3.63, 3.8) is 0 Å². The molecule has 1 aliphatic heterocycles. The van der Waals surface area contributed by atoms with Crippen LogP contribution in [-0.4, -0.2) is 29.2 Å². The zero-order valence-electron chi connectivity index (χ0n) is 11.6. The van der Waals surface area contributed by atoms with Gasteiger partial charge in [-0.05, 0) is 43.9 Å². The number of hydrogen-bond donors (Lipinski definition) is 2. The maximum Gasteiger partial charge on any atom is 0.158 e. The Morgan fingerprint density at radius 1 is 1.26 bits per heavy atom. The average Bonchev–Trinajstić information content (AvgIpc) is 2.42. The first-order chi connectivity index (χ1) is 8.95. The molecular formula is C15H20O4. The van der Waals surface area contributed by atoms with Gasteiger partial charge in [0.1, 0.15) is 18.1 Å². The summed E-state index contributed by atoms with van der Waals surface area (Å²) in [5.74, 6) is 1.07. The van der Waals surface area contributed by atoms with Gasteiger partial charge in [0.2, 0.25) is 0 Å². The minimum Gasteiger partial charge on any atom is -0.507 e. The van der Waals surface area contributed by atoms with E-state index in [-0.39, 0.29) is 11.7 Å². The van der Waals surface area contributed by atoms with E-state index in [4.69, 9.17) is 9.84 Å². The molecule has 19 heavy (non-hydrogen) atoms. The summed E-state index contributed by atoms with van der Waals surface area (Å²) in [7, 11) is 0. The van der Waals surface area contributed by atoms with Gasteiger partial charge < -0.3 is 14.9 Å². The van der Waals surface area contributed by atoms with Crippen LogP contribution < -0.4 is 4.74 Å². The molecule has 0 aromatic heterocycles. The number of carbonyl (C=O) groups is 1. The molecule has 104 valence electrons. The highest BCUT2D eigenvalue weighted by molar-refractivity contribution is 5.79. The summed E-state index contributed by atoms with van der Waals surface area (Å²) in [6, 6.07) is 0. The van der Waals surface area contributed by atoms with Crippen molar-refractivity contribution in [1.82, 2.24) is 0 Å². The third kappa shape index (κ3) is 2.45. The van der Waals surface area contributed by atoms with Gasteiger partial charge in [-0.15, -0.1) is 0 Å². The van der Waals surface area contributed by atoms with E-state index in [0.717, 1.165) is 28.0 Å². The SMILES string of the molecule is Cc1c(C)c2c(c(C)c1O)C[C@@H](CC(=O)CO)CO2. The lowest BCUT2D eigenvalue weighted by Crippen LogP contribution is -2.25. The molecular weight excluding hydrogens is 244 g/mol. The maximum absolute atomic E-state index is 11.3. The minimum absolute atomic E-state index is 0.0763. The van der Waals surface area contributed by atoms with E-state index in [0.29, 0.717) is 25.2 Å². The number of phenolic OH excluding ortho intramolecular Hbond substituents is 1. The largest absolute Gasteiger partial charge is 0.507 e. The van der Waals surface area contributed by atoms with Gasteiger partial charge in [-0.1, -0.05) is 0 Å². The first-order valence-electron chi connectivity index (χ1n) is 6.52. The lowest BCUT2D eigenvalue weighted by Gasteiger charge is -2.29. The third-order valence-electron chi connectivity index (χ3n) is 3.99. The number of benzene rings is 1. The first kappa shape index (κ1) is 13.9. The van der Waals surface area contributed by atoms with Gasteiger partial charge in [-0.25, -0.2) is 0 Å². The number of rotatable bonds is 3. The lowest BCUT2D eigenvalue weighted by molar-refractivity contribution is -0.123. The Morgan fingerprint density at radius 2 is 1.95 bits per heavy atom. The van der Waals surface area contributed by atoms with Crippen LogP contribution in [0.2, 0.25) is 0 Å². The molecule has 2 N–H and O–H groups in total. The molecule has 0 amide bonds. The summed E-state index contributed by atoms with van der Waals surface area (Å²) in [6.07, 6.45) is 1.03. The first-order valence-corrected chi connectivity index (χ1v) is 6.52. The number of hydrogen-bond acceptors (Lipinski definition) is 4. The van der Waals surface area contributed by atoms with E-state index < -0.39 is 6.61 Å². The molecule has 1 aromatic rings. The van der Waals surface area contributed by atoms with Gasteiger partial charge in [0.05, 0.1) is 6.61 Å². The van der Waals surface area contributed by atoms with Crippen molar-refractivity contribution in [2.75, 3.05) is 13.2 Å². The molecule has 1 aliphatic rings. The summed E-state index contributed by atoms with van der Waals surface area (Å²) >= 11 is 0. The van der Waals surface area contributed by atoms with Crippen LogP contribution in [-0.2, 0) is 11.2 Å². The molecule has 0 saturated carbocycles. The van der Waals surface area contributed by atoms with Crippen LogP contribution in [0.4, 0.5) is 0 Å². The van der Waals surface area contributed by atoms with Crippen molar-refractivity contribution in [2.45, 2.75) is 33.6 Å². The lowest BCUT2D eigenvalue weighted by atomic mass is 9.87. The number of phenols is 1. The summed E-state index contributed by atoms with van der Waals surface area (Å²) in [4.78, 5) is 11.3. The van der Waals surface area contributed by atoms with Crippen LogP contribution in [0, 0.1) is 26.7 Å². The average molecular weight is 264 g/mol. The number of aliphatic hydroxyl groups excluding tert-OH is 1. The summed E-state index contributed by atoms with van der Waals surface area (Å²) in [6.45, 7) is 5.76. The topological polar surface area (TPSA) is 66.8 Å². The molecule has 4 heteroatoms. The molecule has 1 atom stereocenters. The van der Waals surface area contributed by atoms with Crippen LogP contribution in [0.1, 0.15) is 28.7 Å². The van der Waals surface area contributed by atoms with Gasteiger partial charge in [0, 0.05) is 17.9 Å². The smallest absolute Gasteiger partial charge is 0.158 e. The molecule has 0 bridgehead atoms. The maximum atomic E-state index is 11.3. The number of Topliss-reactive ketones (excluding diaryl/α,β-unsaturated/α-hetero) is 1. The van der Waals surface area contributed by atoms with Crippen LogP contribution >= 0.6 is 0 Å². The van der Waals surface area contributed by atoms with Crippen LogP contribution in [0.15, 0.2) is 0 Å². The fourth-order valence-corrected chi connectivity index (χ4v) is 2.68. The van der Waals surface area contributed by atoms with Crippen molar-refractivity contribution < 1.29 is 19.7 Å². The van der Waals surface area contributed by atoms with Crippen LogP contribution in [0.25, 0.3) is 0 Å². The number of ether oxygens (including phenoxy) is 1. The molecule has 0 unspecified atom stereocenters. The highest BCUT2D eigenvalue weighted by Crippen LogP contribution is 2.41. The molecule has 0 radical (unpaired) electrons. The number of aliphatic hydroxyl groups is 1. The van der Waals surface area contributed by atoms with Gasteiger partial charge in [0.25, 0.3) is 0 Å². The van der Waals surface area contributed by atoms with E-state index in [1.165, 1.54) is 0 Å². The summed E-state index contributed by atoms with van der Waals surface area (Å²) in [5.41, 5.74) is 3.63. The molecule has 0 saturated heterocycles. The Labute approximate surface area is 113 Å². The van der Waals surface area contributed by atoms with Crippen molar-refractivity contribution in [3.05, 3.63) is 22.3 Å². The Hall–Kier alpha value is -1.55. The van der Waals surface area contributed by atoms with Crippen molar-refractivity contribution in [2.24, 2.45) is 5.92 Å². The Balaban J connectivity index is 2.33. The number of ketones is 1. The fraction of sp³-hybridized carbons (Fsp3) is 0.533. The predicted molar refractivity (Wildman–Crippen MR) is 71.7 cm³/mol. The number of carbonyl (C=O) groups excluding carboxylic acids is 1. The summed E-state index contributed by atoms with van der Waals surface area (Å²) in [5, 5.41) is 18.9. The van der Waals surface area contributed by atoms with Crippen molar-refractivity contribution in [1.29, 1.82) is 0 Å². The Bertz CT molecular complexity index is 520. The monoisotopic (exact) mass is 264 g/mol. The van der Waals surface area contributed by atoms with Crippen molar-refractivity contribution in [3.8, 4) is 11.5 Å². The van der Waals surface area contributed by atoms with E-state index in [2.05, 4.69) is 0 Å². The molecule has 4 nitrogen and oxygen atoms in total. The van der Waals surface area contributed by atoms with Gasteiger partial charge in [0.15, 0.2) is 5.78 Å².